The Balaban J connectivity index is 1.93. The van der Waals surface area contributed by atoms with Gasteiger partial charge in [0.2, 0.25) is 0 Å². The van der Waals surface area contributed by atoms with Gasteiger partial charge in [-0.05, 0) is 51.9 Å². The number of halogens is 1. The van der Waals surface area contributed by atoms with E-state index < -0.39 is 16.4 Å². The van der Waals surface area contributed by atoms with E-state index in [1.54, 1.807) is 12.1 Å². The molecule has 0 unspecified atom stereocenters. The second-order valence-corrected chi connectivity index (χ2v) is 9.47. The zero-order valence-electron chi connectivity index (χ0n) is 17.1. The van der Waals surface area contributed by atoms with Gasteiger partial charge >= 0.3 is 0 Å². The summed E-state index contributed by atoms with van der Waals surface area (Å²) >= 11 is 6.13. The summed E-state index contributed by atoms with van der Waals surface area (Å²) in [6.45, 7) is 5.95. The summed E-state index contributed by atoms with van der Waals surface area (Å²) < 4.78 is 0. The Bertz CT molecular complexity index is 1190. The van der Waals surface area contributed by atoms with Gasteiger partial charge in [-0.1, -0.05) is 80.9 Å². The standard InChI is InChI=1S/C26H21ClN2O/c1-24(2,3)25(16-28)23(30)29(18-14-12-17(27)13-15-18)26(25)21-10-6-4-8-19(21)20-9-5-7-11-22(20)26/h4-15H,1-3H3/t25-/m0/s1. The van der Waals surface area contributed by atoms with Crippen molar-refractivity contribution in [1.82, 2.24) is 0 Å². The minimum atomic E-state index is -1.25. The summed E-state index contributed by atoms with van der Waals surface area (Å²) in [7, 11) is 0. The van der Waals surface area contributed by atoms with Crippen molar-refractivity contribution in [1.29, 1.82) is 5.26 Å². The molecule has 1 fully saturated rings. The van der Waals surface area contributed by atoms with Crippen molar-refractivity contribution < 1.29 is 4.79 Å². The maximum Gasteiger partial charge on any atom is 0.252 e. The molecule has 1 amide bonds. The third-order valence-electron chi connectivity index (χ3n) is 6.70. The molecular weight excluding hydrogens is 392 g/mol. The van der Waals surface area contributed by atoms with E-state index in [0.29, 0.717) is 5.02 Å². The molecule has 30 heavy (non-hydrogen) atoms. The molecule has 5 rings (SSSR count). The van der Waals surface area contributed by atoms with E-state index in [1.807, 2.05) is 62.1 Å². The van der Waals surface area contributed by atoms with E-state index in [9.17, 15) is 10.1 Å². The van der Waals surface area contributed by atoms with Crippen LogP contribution in [0.5, 0.6) is 0 Å². The lowest BCUT2D eigenvalue weighted by molar-refractivity contribution is -0.149. The number of benzene rings is 3. The van der Waals surface area contributed by atoms with Crippen molar-refractivity contribution in [2.75, 3.05) is 4.90 Å². The molecule has 0 aromatic heterocycles. The van der Waals surface area contributed by atoms with E-state index in [0.717, 1.165) is 27.9 Å². The number of carbonyl (C=O) groups excluding carboxylic acids is 1. The van der Waals surface area contributed by atoms with E-state index >= 15 is 0 Å². The second-order valence-electron chi connectivity index (χ2n) is 9.03. The molecule has 3 nitrogen and oxygen atoms in total. The highest BCUT2D eigenvalue weighted by atomic mass is 35.5. The number of rotatable bonds is 1. The minimum Gasteiger partial charge on any atom is -0.294 e. The highest BCUT2D eigenvalue weighted by Crippen LogP contribution is 2.71. The fraction of sp³-hybridized carbons (Fsp3) is 0.231. The molecule has 1 atom stereocenters. The first kappa shape index (κ1) is 18.9. The summed E-state index contributed by atoms with van der Waals surface area (Å²) in [5.74, 6) is -0.175. The van der Waals surface area contributed by atoms with Gasteiger partial charge in [0, 0.05) is 10.7 Å². The first-order valence-corrected chi connectivity index (χ1v) is 10.4. The largest absolute Gasteiger partial charge is 0.294 e. The Kier molecular flexibility index (Phi) is 3.76. The van der Waals surface area contributed by atoms with Crippen molar-refractivity contribution in [2.24, 2.45) is 10.8 Å². The molecule has 1 aliphatic carbocycles. The molecule has 3 aromatic carbocycles. The summed E-state index contributed by atoms with van der Waals surface area (Å²) in [5.41, 5.74) is 2.14. The topological polar surface area (TPSA) is 44.1 Å². The average molecular weight is 413 g/mol. The van der Waals surface area contributed by atoms with Crippen molar-refractivity contribution in [2.45, 2.75) is 26.3 Å². The number of carbonyl (C=O) groups is 1. The molecule has 0 N–H and O–H groups in total. The van der Waals surface area contributed by atoms with Crippen LogP contribution in [0, 0.1) is 22.2 Å². The molecule has 0 radical (unpaired) electrons. The van der Waals surface area contributed by atoms with Crippen LogP contribution in [0.2, 0.25) is 5.02 Å². The number of hydrogen-bond donors (Lipinski definition) is 0. The summed E-state index contributed by atoms with van der Waals surface area (Å²) in [6.07, 6.45) is 0. The van der Waals surface area contributed by atoms with Gasteiger partial charge in [-0.15, -0.1) is 0 Å². The van der Waals surface area contributed by atoms with Gasteiger partial charge in [0.25, 0.3) is 5.91 Å². The molecule has 0 bridgehead atoms. The number of anilines is 1. The molecule has 1 heterocycles. The Morgan fingerprint density at radius 3 is 1.83 bits per heavy atom. The van der Waals surface area contributed by atoms with Gasteiger partial charge in [-0.25, -0.2) is 0 Å². The zero-order chi connectivity index (χ0) is 21.3. The predicted molar refractivity (Wildman–Crippen MR) is 119 cm³/mol. The smallest absolute Gasteiger partial charge is 0.252 e. The Labute approximate surface area is 181 Å². The van der Waals surface area contributed by atoms with E-state index in [2.05, 4.69) is 30.3 Å². The van der Waals surface area contributed by atoms with Crippen LogP contribution in [0.3, 0.4) is 0 Å². The maximum absolute atomic E-state index is 13.9. The fourth-order valence-electron chi connectivity index (χ4n) is 5.51. The van der Waals surface area contributed by atoms with Gasteiger partial charge in [0.05, 0.1) is 6.07 Å². The summed E-state index contributed by atoms with van der Waals surface area (Å²) in [5, 5.41) is 11.2. The first-order chi connectivity index (χ1) is 14.3. The number of nitriles is 1. The van der Waals surface area contributed by atoms with Gasteiger partial charge < -0.3 is 0 Å². The van der Waals surface area contributed by atoms with Gasteiger partial charge in [-0.2, -0.15) is 5.26 Å². The summed E-state index contributed by atoms with van der Waals surface area (Å²) in [4.78, 5) is 15.7. The quantitative estimate of drug-likeness (QED) is 0.449. The van der Waals surface area contributed by atoms with E-state index in [1.165, 1.54) is 0 Å². The fourth-order valence-corrected chi connectivity index (χ4v) is 5.63. The van der Waals surface area contributed by atoms with Gasteiger partial charge in [0.1, 0.15) is 5.54 Å². The minimum absolute atomic E-state index is 0.175. The van der Waals surface area contributed by atoms with E-state index in [-0.39, 0.29) is 5.91 Å². The Hall–Kier alpha value is -3.09. The lowest BCUT2D eigenvalue weighted by Gasteiger charge is -2.65. The summed E-state index contributed by atoms with van der Waals surface area (Å²) in [6, 6.07) is 26.1. The lowest BCUT2D eigenvalue weighted by atomic mass is 9.47. The number of amides is 1. The Morgan fingerprint density at radius 1 is 0.867 bits per heavy atom. The molecule has 1 saturated heterocycles. The molecule has 3 aromatic rings. The van der Waals surface area contributed by atoms with Crippen LogP contribution in [0.15, 0.2) is 72.8 Å². The van der Waals surface area contributed by atoms with Gasteiger partial charge in [0.15, 0.2) is 5.41 Å². The molecule has 1 aliphatic heterocycles. The number of fused-ring (bicyclic) bond motifs is 5. The molecule has 1 spiro atoms. The van der Waals surface area contributed by atoms with Crippen LogP contribution < -0.4 is 4.90 Å². The molecular formula is C26H21ClN2O. The average Bonchev–Trinajstić information content (AvgIpc) is 3.02. The lowest BCUT2D eigenvalue weighted by Crippen LogP contribution is -2.79. The first-order valence-electron chi connectivity index (χ1n) is 10.0. The molecule has 0 saturated carbocycles. The Morgan fingerprint density at radius 2 is 1.37 bits per heavy atom. The van der Waals surface area contributed by atoms with Crippen molar-refractivity contribution in [3.8, 4) is 17.2 Å². The highest BCUT2D eigenvalue weighted by molar-refractivity contribution is 6.30. The van der Waals surface area contributed by atoms with Crippen molar-refractivity contribution in [3.05, 3.63) is 88.9 Å². The molecule has 148 valence electrons. The third-order valence-corrected chi connectivity index (χ3v) is 6.96. The van der Waals surface area contributed by atoms with Crippen LogP contribution in [0.4, 0.5) is 5.69 Å². The highest BCUT2D eigenvalue weighted by Gasteiger charge is 2.79. The van der Waals surface area contributed by atoms with Crippen LogP contribution in [-0.2, 0) is 10.3 Å². The van der Waals surface area contributed by atoms with Gasteiger partial charge in [-0.3, -0.25) is 9.69 Å². The zero-order valence-corrected chi connectivity index (χ0v) is 17.9. The predicted octanol–water partition coefficient (Wildman–Crippen LogP) is 6.17. The monoisotopic (exact) mass is 412 g/mol. The third kappa shape index (κ3) is 1.93. The molecule has 2 aliphatic rings. The normalized spacial score (nSPS) is 21.0. The SMILES string of the molecule is CC(C)(C)[C@]1(C#N)C(=O)N(c2ccc(Cl)cc2)C12c1ccccc1-c1ccccc12. The van der Waals surface area contributed by atoms with Crippen LogP contribution in [-0.4, -0.2) is 5.91 Å². The van der Waals surface area contributed by atoms with Crippen LogP contribution in [0.1, 0.15) is 31.9 Å². The van der Waals surface area contributed by atoms with Crippen molar-refractivity contribution in [3.63, 3.8) is 0 Å². The van der Waals surface area contributed by atoms with Crippen LogP contribution >= 0.6 is 11.6 Å². The number of hydrogen-bond acceptors (Lipinski definition) is 2. The van der Waals surface area contributed by atoms with Crippen LogP contribution in [0.25, 0.3) is 11.1 Å². The van der Waals surface area contributed by atoms with Crippen molar-refractivity contribution >= 4 is 23.2 Å². The second kappa shape index (κ2) is 5.97. The number of nitrogens with zero attached hydrogens (tertiary/aromatic N) is 2. The maximum atomic E-state index is 13.9. The molecule has 4 heteroatoms. The van der Waals surface area contributed by atoms with E-state index in [4.69, 9.17) is 11.6 Å². The number of β-lactam (4-membered cyclic amide) rings is 1.